The van der Waals surface area contributed by atoms with Crippen LogP contribution >= 0.6 is 7.60 Å². The Morgan fingerprint density at radius 1 is 0.867 bits per heavy atom. The lowest BCUT2D eigenvalue weighted by atomic mass is 9.97. The predicted octanol–water partition coefficient (Wildman–Crippen LogP) is 1.07. The molecule has 1 aliphatic heterocycles. The van der Waals surface area contributed by atoms with E-state index >= 15 is 0 Å². The summed E-state index contributed by atoms with van der Waals surface area (Å²) in [6.45, 7) is 4.00. The maximum Gasteiger partial charge on any atom is 0.357 e. The molecular weight excluding hydrogens is 427 g/mol. The quantitative estimate of drug-likeness (QED) is 0.294. The Kier molecular flexibility index (Phi) is 9.47. The first kappa shape index (κ1) is 25.6. The highest BCUT2D eigenvalue weighted by Gasteiger charge is 2.51. The summed E-state index contributed by atoms with van der Waals surface area (Å²) in [6, 6.07) is 0. The second kappa shape index (κ2) is 11.1. The molecule has 12 nitrogen and oxygen atoms in total. The van der Waals surface area contributed by atoms with Crippen LogP contribution in [0.2, 0.25) is 0 Å². The first-order valence-corrected chi connectivity index (χ1v) is 10.3. The average Bonchev–Trinajstić information content (AvgIpc) is 2.63. The Balaban J connectivity index is 3.54. The van der Waals surface area contributed by atoms with Crippen LogP contribution < -0.4 is 0 Å². The van der Waals surface area contributed by atoms with E-state index in [-0.39, 0.29) is 5.76 Å². The molecule has 4 atom stereocenters. The third-order valence-corrected chi connectivity index (χ3v) is 5.29. The van der Waals surface area contributed by atoms with Crippen molar-refractivity contribution in [2.45, 2.75) is 52.1 Å². The van der Waals surface area contributed by atoms with Crippen LogP contribution in [-0.4, -0.2) is 69.1 Å². The fraction of sp³-hybridized carbons (Fsp3) is 0.647. The van der Waals surface area contributed by atoms with Crippen molar-refractivity contribution in [3.05, 3.63) is 11.6 Å². The summed E-state index contributed by atoms with van der Waals surface area (Å²) in [5.41, 5.74) is 0. The second-order valence-corrected chi connectivity index (χ2v) is 8.14. The van der Waals surface area contributed by atoms with E-state index in [2.05, 4.69) is 0 Å². The van der Waals surface area contributed by atoms with E-state index in [1.165, 1.54) is 0 Å². The van der Waals surface area contributed by atoms with Crippen LogP contribution in [0.25, 0.3) is 0 Å². The standard InChI is InChI=1S/C17H25O12P/c1-9(18)25-7-13-15(26-10(2)19)17(28-12(4)21)16(27-11(3)20)14(29-13)8-30(22,23-5)24-6/h8,13,15-17H,7H2,1-6H3/b14-8-/t13-,15+,16+,17+/m1/s1. The van der Waals surface area contributed by atoms with Crippen LogP contribution in [0, 0.1) is 0 Å². The molecule has 0 unspecified atom stereocenters. The van der Waals surface area contributed by atoms with E-state index in [0.29, 0.717) is 0 Å². The Morgan fingerprint density at radius 3 is 1.80 bits per heavy atom. The van der Waals surface area contributed by atoms with Gasteiger partial charge in [-0.2, -0.15) is 0 Å². The van der Waals surface area contributed by atoms with Gasteiger partial charge in [-0.15, -0.1) is 0 Å². The predicted molar refractivity (Wildman–Crippen MR) is 97.9 cm³/mol. The van der Waals surface area contributed by atoms with Crippen LogP contribution in [0.5, 0.6) is 0 Å². The molecule has 1 fully saturated rings. The van der Waals surface area contributed by atoms with Gasteiger partial charge in [0.2, 0.25) is 0 Å². The second-order valence-electron chi connectivity index (χ2n) is 6.07. The Labute approximate surface area is 173 Å². The van der Waals surface area contributed by atoms with E-state index in [0.717, 1.165) is 47.7 Å². The van der Waals surface area contributed by atoms with Gasteiger partial charge in [0.25, 0.3) is 0 Å². The zero-order chi connectivity index (χ0) is 23.1. The largest absolute Gasteiger partial charge is 0.483 e. The zero-order valence-electron chi connectivity index (χ0n) is 17.4. The molecule has 0 aromatic heterocycles. The molecule has 0 amide bonds. The number of esters is 4. The van der Waals surface area contributed by atoms with E-state index in [4.69, 9.17) is 32.7 Å². The third kappa shape index (κ3) is 7.43. The maximum absolute atomic E-state index is 12.6. The SMILES string of the molecule is COP(=O)(/C=C1\O[C@H](COC(C)=O)[C@H](OC(C)=O)[C@H](OC(C)=O)[C@H]1OC(C)=O)OC. The first-order chi connectivity index (χ1) is 13.9. The van der Waals surface area contributed by atoms with Gasteiger partial charge >= 0.3 is 31.5 Å². The molecule has 0 saturated carbocycles. The molecule has 1 rings (SSSR count). The lowest BCUT2D eigenvalue weighted by Crippen LogP contribution is -2.57. The molecule has 1 saturated heterocycles. The van der Waals surface area contributed by atoms with Crippen molar-refractivity contribution in [2.75, 3.05) is 20.8 Å². The molecule has 0 radical (unpaired) electrons. The van der Waals surface area contributed by atoms with Crippen molar-refractivity contribution >= 4 is 31.5 Å². The molecule has 13 heteroatoms. The monoisotopic (exact) mass is 452 g/mol. The van der Waals surface area contributed by atoms with Crippen molar-refractivity contribution in [1.29, 1.82) is 0 Å². The molecule has 0 spiro atoms. The average molecular weight is 452 g/mol. The summed E-state index contributed by atoms with van der Waals surface area (Å²) in [5.74, 6) is -2.33. The normalized spacial score (nSPS) is 25.1. The van der Waals surface area contributed by atoms with Gasteiger partial charge < -0.3 is 32.7 Å². The molecule has 0 N–H and O–H groups in total. The van der Waals surface area contributed by atoms with E-state index in [9.17, 15) is 23.7 Å². The Hall–Kier alpha value is -2.43. The van der Waals surface area contributed by atoms with E-state index in [1.54, 1.807) is 0 Å². The minimum absolute atomic E-state index is 0.260. The van der Waals surface area contributed by atoms with Crippen LogP contribution in [0.4, 0.5) is 0 Å². The summed E-state index contributed by atoms with van der Waals surface area (Å²) in [6.07, 6.45) is -5.37. The summed E-state index contributed by atoms with van der Waals surface area (Å²) in [5, 5.41) is 0. The number of rotatable bonds is 8. The van der Waals surface area contributed by atoms with Gasteiger partial charge in [-0.05, 0) is 0 Å². The highest BCUT2D eigenvalue weighted by molar-refractivity contribution is 7.57. The lowest BCUT2D eigenvalue weighted by Gasteiger charge is -2.41. The summed E-state index contributed by atoms with van der Waals surface area (Å²) in [4.78, 5) is 46.2. The number of ether oxygens (including phenoxy) is 5. The smallest absolute Gasteiger partial charge is 0.357 e. The van der Waals surface area contributed by atoms with Gasteiger partial charge in [0.1, 0.15) is 12.4 Å². The molecule has 30 heavy (non-hydrogen) atoms. The summed E-state index contributed by atoms with van der Waals surface area (Å²) in [7, 11) is -1.60. The molecule has 0 aromatic rings. The van der Waals surface area contributed by atoms with Gasteiger partial charge in [0.15, 0.2) is 24.4 Å². The highest BCUT2D eigenvalue weighted by Crippen LogP contribution is 2.50. The van der Waals surface area contributed by atoms with Gasteiger partial charge in [-0.1, -0.05) is 0 Å². The van der Waals surface area contributed by atoms with Crippen LogP contribution in [0.15, 0.2) is 11.6 Å². The zero-order valence-corrected chi connectivity index (χ0v) is 18.3. The van der Waals surface area contributed by atoms with E-state index in [1.807, 2.05) is 0 Å². The van der Waals surface area contributed by atoms with Gasteiger partial charge in [-0.3, -0.25) is 23.7 Å². The molecule has 1 aliphatic rings. The topological polar surface area (TPSA) is 150 Å². The van der Waals surface area contributed by atoms with Gasteiger partial charge in [0, 0.05) is 41.9 Å². The van der Waals surface area contributed by atoms with Crippen molar-refractivity contribution < 1.29 is 56.5 Å². The van der Waals surface area contributed by atoms with E-state index < -0.39 is 62.5 Å². The molecule has 0 aromatic carbocycles. The third-order valence-electron chi connectivity index (χ3n) is 3.70. The molecule has 170 valence electrons. The highest BCUT2D eigenvalue weighted by atomic mass is 31.2. The minimum Gasteiger partial charge on any atom is -0.483 e. The molecule has 0 aliphatic carbocycles. The number of carbonyl (C=O) groups excluding carboxylic acids is 4. The number of carbonyl (C=O) groups is 4. The Morgan fingerprint density at radius 2 is 1.37 bits per heavy atom. The Bertz CT molecular complexity index is 737. The summed E-state index contributed by atoms with van der Waals surface area (Å²) < 4.78 is 48.5. The first-order valence-electron chi connectivity index (χ1n) is 8.68. The van der Waals surface area contributed by atoms with Crippen molar-refractivity contribution in [3.8, 4) is 0 Å². The van der Waals surface area contributed by atoms with Crippen LogP contribution in [-0.2, 0) is 56.5 Å². The lowest BCUT2D eigenvalue weighted by molar-refractivity contribution is -0.215. The number of hydrogen-bond acceptors (Lipinski definition) is 12. The van der Waals surface area contributed by atoms with Crippen LogP contribution in [0.1, 0.15) is 27.7 Å². The maximum atomic E-state index is 12.6. The molecule has 0 bridgehead atoms. The summed E-state index contributed by atoms with van der Waals surface area (Å²) >= 11 is 0. The fourth-order valence-electron chi connectivity index (χ4n) is 2.58. The van der Waals surface area contributed by atoms with Crippen LogP contribution in [0.3, 0.4) is 0 Å². The number of hydrogen-bond donors (Lipinski definition) is 0. The van der Waals surface area contributed by atoms with Gasteiger partial charge in [-0.25, -0.2) is 0 Å². The van der Waals surface area contributed by atoms with Crippen molar-refractivity contribution in [2.24, 2.45) is 0 Å². The molecule has 1 heterocycles. The van der Waals surface area contributed by atoms with Gasteiger partial charge in [0.05, 0.1) is 5.82 Å². The molecular formula is C17H25O12P. The van der Waals surface area contributed by atoms with Crippen molar-refractivity contribution in [1.82, 2.24) is 0 Å². The fourth-order valence-corrected chi connectivity index (χ4v) is 3.46. The van der Waals surface area contributed by atoms with Crippen molar-refractivity contribution in [3.63, 3.8) is 0 Å². The minimum atomic E-state index is -3.84.